The van der Waals surface area contributed by atoms with Gasteiger partial charge in [0.25, 0.3) is 5.91 Å². The standard InChI is InChI=1S/C19H18N2O4/c1-24-16-9-5-6-12(18(16)25-2)11-20-19(23)14-10-17(22)21-15-8-4-3-7-13(14)15/h3-10H,11H2,1-2H3,(H,20,23)(H,21,22). The van der Waals surface area contributed by atoms with Gasteiger partial charge in [0, 0.05) is 29.1 Å². The number of ether oxygens (including phenoxy) is 2. The van der Waals surface area contributed by atoms with Gasteiger partial charge in [-0.1, -0.05) is 30.3 Å². The normalized spacial score (nSPS) is 10.5. The van der Waals surface area contributed by atoms with Gasteiger partial charge in [-0.2, -0.15) is 0 Å². The minimum absolute atomic E-state index is 0.250. The van der Waals surface area contributed by atoms with Crippen molar-refractivity contribution in [3.05, 3.63) is 70.0 Å². The fourth-order valence-electron chi connectivity index (χ4n) is 2.76. The molecule has 0 saturated heterocycles. The number of carbonyl (C=O) groups is 1. The topological polar surface area (TPSA) is 80.4 Å². The number of pyridine rings is 1. The Morgan fingerprint density at radius 3 is 2.64 bits per heavy atom. The first kappa shape index (κ1) is 16.6. The molecule has 128 valence electrons. The van der Waals surface area contributed by atoms with Crippen molar-refractivity contribution >= 4 is 16.8 Å². The maximum atomic E-state index is 12.6. The second kappa shape index (κ2) is 7.09. The summed E-state index contributed by atoms with van der Waals surface area (Å²) in [5.74, 6) is 0.837. The van der Waals surface area contributed by atoms with Crippen LogP contribution in [0.4, 0.5) is 0 Å². The van der Waals surface area contributed by atoms with E-state index in [2.05, 4.69) is 10.3 Å². The van der Waals surface area contributed by atoms with Crippen LogP contribution in [0.25, 0.3) is 10.9 Å². The molecule has 0 unspecified atom stereocenters. The third kappa shape index (κ3) is 3.33. The van der Waals surface area contributed by atoms with Crippen LogP contribution in [-0.4, -0.2) is 25.1 Å². The highest BCUT2D eigenvalue weighted by molar-refractivity contribution is 6.05. The molecule has 1 heterocycles. The zero-order valence-electron chi connectivity index (χ0n) is 14.0. The molecule has 25 heavy (non-hydrogen) atoms. The van der Waals surface area contributed by atoms with Gasteiger partial charge in [-0.3, -0.25) is 9.59 Å². The van der Waals surface area contributed by atoms with Gasteiger partial charge in [-0.05, 0) is 12.1 Å². The van der Waals surface area contributed by atoms with Crippen LogP contribution in [0.1, 0.15) is 15.9 Å². The average Bonchev–Trinajstić information content (AvgIpc) is 2.64. The number of fused-ring (bicyclic) bond motifs is 1. The predicted octanol–water partition coefficient (Wildman–Crippen LogP) is 2.48. The van der Waals surface area contributed by atoms with Gasteiger partial charge in [-0.25, -0.2) is 0 Å². The molecule has 1 aromatic heterocycles. The second-order valence-corrected chi connectivity index (χ2v) is 5.43. The second-order valence-electron chi connectivity index (χ2n) is 5.43. The molecule has 6 heteroatoms. The van der Waals surface area contributed by atoms with Gasteiger partial charge < -0.3 is 19.8 Å². The van der Waals surface area contributed by atoms with Crippen LogP contribution in [0.5, 0.6) is 11.5 Å². The van der Waals surface area contributed by atoms with Crippen LogP contribution in [0.2, 0.25) is 0 Å². The molecule has 0 atom stereocenters. The molecule has 0 saturated carbocycles. The van der Waals surface area contributed by atoms with Crippen molar-refractivity contribution < 1.29 is 14.3 Å². The quantitative estimate of drug-likeness (QED) is 0.749. The van der Waals surface area contributed by atoms with Crippen molar-refractivity contribution in [3.63, 3.8) is 0 Å². The van der Waals surface area contributed by atoms with E-state index in [1.54, 1.807) is 38.5 Å². The third-order valence-corrected chi connectivity index (χ3v) is 3.92. The summed E-state index contributed by atoms with van der Waals surface area (Å²) in [7, 11) is 3.11. The Balaban J connectivity index is 1.88. The number of methoxy groups -OCH3 is 2. The van der Waals surface area contributed by atoms with Crippen molar-refractivity contribution in [2.75, 3.05) is 14.2 Å². The molecule has 0 bridgehead atoms. The smallest absolute Gasteiger partial charge is 0.252 e. The molecule has 2 N–H and O–H groups in total. The van der Waals surface area contributed by atoms with E-state index in [0.29, 0.717) is 28.0 Å². The fourth-order valence-corrected chi connectivity index (χ4v) is 2.76. The van der Waals surface area contributed by atoms with E-state index in [1.807, 2.05) is 18.2 Å². The van der Waals surface area contributed by atoms with Crippen LogP contribution in [0, 0.1) is 0 Å². The molecule has 0 aliphatic rings. The Bertz CT molecular complexity index is 979. The lowest BCUT2D eigenvalue weighted by atomic mass is 10.1. The minimum Gasteiger partial charge on any atom is -0.493 e. The summed E-state index contributed by atoms with van der Waals surface area (Å²) in [6, 6.07) is 14.0. The highest BCUT2D eigenvalue weighted by Gasteiger charge is 2.14. The number of benzene rings is 2. The number of para-hydroxylation sites is 2. The van der Waals surface area contributed by atoms with Gasteiger partial charge in [-0.15, -0.1) is 0 Å². The number of aromatic amines is 1. The molecule has 2 aromatic carbocycles. The minimum atomic E-state index is -0.327. The van der Waals surface area contributed by atoms with Crippen LogP contribution >= 0.6 is 0 Å². The first-order valence-corrected chi connectivity index (χ1v) is 7.74. The number of H-pyrrole nitrogens is 1. The summed E-state index contributed by atoms with van der Waals surface area (Å²) in [6.07, 6.45) is 0. The maximum Gasteiger partial charge on any atom is 0.252 e. The molecule has 0 spiro atoms. The molecule has 3 aromatic rings. The van der Waals surface area contributed by atoms with Gasteiger partial charge in [0.15, 0.2) is 11.5 Å². The van der Waals surface area contributed by atoms with Gasteiger partial charge in [0.2, 0.25) is 5.56 Å². The number of hydrogen-bond acceptors (Lipinski definition) is 4. The summed E-state index contributed by atoms with van der Waals surface area (Å²) >= 11 is 0. The predicted molar refractivity (Wildman–Crippen MR) is 95.3 cm³/mol. The molecule has 6 nitrogen and oxygen atoms in total. The van der Waals surface area contributed by atoms with Crippen molar-refractivity contribution in [1.29, 1.82) is 0 Å². The highest BCUT2D eigenvalue weighted by Crippen LogP contribution is 2.30. The van der Waals surface area contributed by atoms with Crippen molar-refractivity contribution in [2.45, 2.75) is 6.54 Å². The molecule has 3 rings (SSSR count). The number of carbonyl (C=O) groups excluding carboxylic acids is 1. The largest absolute Gasteiger partial charge is 0.493 e. The molecule has 1 amide bonds. The van der Waals surface area contributed by atoms with E-state index in [0.717, 1.165) is 5.56 Å². The molecule has 0 aliphatic heterocycles. The molecular formula is C19H18N2O4. The first-order chi connectivity index (χ1) is 12.1. The van der Waals surface area contributed by atoms with Crippen molar-refractivity contribution in [1.82, 2.24) is 10.3 Å². The van der Waals surface area contributed by atoms with E-state index in [4.69, 9.17) is 9.47 Å². The fraction of sp³-hybridized carbons (Fsp3) is 0.158. The van der Waals surface area contributed by atoms with Crippen LogP contribution in [-0.2, 0) is 6.54 Å². The van der Waals surface area contributed by atoms with E-state index >= 15 is 0 Å². The van der Waals surface area contributed by atoms with E-state index < -0.39 is 0 Å². The molecule has 0 aliphatic carbocycles. The zero-order valence-corrected chi connectivity index (χ0v) is 14.0. The maximum absolute atomic E-state index is 12.6. The van der Waals surface area contributed by atoms with Gasteiger partial charge in [0.05, 0.1) is 19.8 Å². The molecule has 0 radical (unpaired) electrons. The number of nitrogens with one attached hydrogen (secondary N) is 2. The molecule has 0 fully saturated rings. The van der Waals surface area contributed by atoms with Crippen LogP contribution in [0.15, 0.2) is 53.3 Å². The number of aromatic nitrogens is 1. The summed E-state index contributed by atoms with van der Waals surface area (Å²) in [5, 5.41) is 3.53. The number of hydrogen-bond donors (Lipinski definition) is 2. The van der Waals surface area contributed by atoms with Gasteiger partial charge >= 0.3 is 0 Å². The molecular weight excluding hydrogens is 320 g/mol. The SMILES string of the molecule is COc1cccc(CNC(=O)c2cc(=O)[nH]c3ccccc23)c1OC. The summed E-state index contributed by atoms with van der Waals surface area (Å²) < 4.78 is 10.6. The lowest BCUT2D eigenvalue weighted by Gasteiger charge is -2.13. The summed E-state index contributed by atoms with van der Waals surface area (Å²) in [5.41, 5.74) is 1.42. The zero-order chi connectivity index (χ0) is 17.8. The first-order valence-electron chi connectivity index (χ1n) is 7.74. The van der Waals surface area contributed by atoms with Crippen LogP contribution in [0.3, 0.4) is 0 Å². The van der Waals surface area contributed by atoms with Crippen molar-refractivity contribution in [3.8, 4) is 11.5 Å². The lowest BCUT2D eigenvalue weighted by molar-refractivity contribution is 0.0952. The third-order valence-electron chi connectivity index (χ3n) is 3.92. The number of amides is 1. The summed E-state index contributed by atoms with van der Waals surface area (Å²) in [6.45, 7) is 0.250. The van der Waals surface area contributed by atoms with E-state index in [-0.39, 0.29) is 18.0 Å². The average molecular weight is 338 g/mol. The van der Waals surface area contributed by atoms with Gasteiger partial charge in [0.1, 0.15) is 0 Å². The van der Waals surface area contributed by atoms with E-state index in [9.17, 15) is 9.59 Å². The highest BCUT2D eigenvalue weighted by atomic mass is 16.5. The van der Waals surface area contributed by atoms with Crippen molar-refractivity contribution in [2.24, 2.45) is 0 Å². The Morgan fingerprint density at radius 2 is 1.88 bits per heavy atom. The van der Waals surface area contributed by atoms with E-state index in [1.165, 1.54) is 6.07 Å². The Morgan fingerprint density at radius 1 is 1.08 bits per heavy atom. The van der Waals surface area contributed by atoms with Crippen LogP contribution < -0.4 is 20.3 Å². The monoisotopic (exact) mass is 338 g/mol. The Hall–Kier alpha value is -3.28. The summed E-state index contributed by atoms with van der Waals surface area (Å²) in [4.78, 5) is 27.1. The Labute approximate surface area is 144 Å². The lowest BCUT2D eigenvalue weighted by Crippen LogP contribution is -2.25. The Kier molecular flexibility index (Phi) is 4.70. The number of rotatable bonds is 5.